The molecule has 1 spiro atoms. The molecule has 1 saturated heterocycles. The van der Waals surface area contributed by atoms with Crippen molar-refractivity contribution in [3.63, 3.8) is 0 Å². The van der Waals surface area contributed by atoms with E-state index >= 15 is 0 Å². The van der Waals surface area contributed by atoms with Crippen molar-refractivity contribution in [2.24, 2.45) is 34.5 Å². The van der Waals surface area contributed by atoms with E-state index < -0.39 is 5.60 Å². The van der Waals surface area contributed by atoms with E-state index in [0.29, 0.717) is 5.41 Å². The van der Waals surface area contributed by atoms with Gasteiger partial charge in [0.05, 0.1) is 5.60 Å². The van der Waals surface area contributed by atoms with Crippen molar-refractivity contribution in [3.05, 3.63) is 0 Å². The van der Waals surface area contributed by atoms with Crippen LogP contribution >= 0.6 is 11.8 Å². The first-order valence-electron chi connectivity index (χ1n) is 10.2. The summed E-state index contributed by atoms with van der Waals surface area (Å²) in [5.74, 6) is 5.11. The molecule has 5 fully saturated rings. The number of rotatable bonds is 0. The quantitative estimate of drug-likeness (QED) is 0.609. The minimum Gasteiger partial charge on any atom is -0.390 e. The minimum absolute atomic E-state index is 0.194. The van der Waals surface area contributed by atoms with Crippen LogP contribution in [0.25, 0.3) is 0 Å². The van der Waals surface area contributed by atoms with Crippen molar-refractivity contribution in [3.8, 4) is 0 Å². The number of fused-ring (bicyclic) bond motifs is 5. The highest BCUT2D eigenvalue weighted by Gasteiger charge is 2.64. The summed E-state index contributed by atoms with van der Waals surface area (Å²) in [5, 5.41) is 11.0. The van der Waals surface area contributed by atoms with Crippen LogP contribution in [0.1, 0.15) is 78.6 Å². The van der Waals surface area contributed by atoms with Gasteiger partial charge in [-0.05, 0) is 99.2 Å². The van der Waals surface area contributed by atoms with E-state index in [0.717, 1.165) is 34.8 Å². The molecule has 0 radical (unpaired) electrons. The molecule has 1 N–H and O–H groups in total. The molecule has 5 rings (SSSR count). The van der Waals surface area contributed by atoms with Gasteiger partial charge in [0, 0.05) is 10.5 Å². The molecule has 4 aliphatic carbocycles. The van der Waals surface area contributed by atoms with Gasteiger partial charge in [-0.2, -0.15) is 11.8 Å². The van der Waals surface area contributed by atoms with Gasteiger partial charge in [0.25, 0.3) is 0 Å². The Morgan fingerprint density at radius 2 is 1.61 bits per heavy atom. The lowest BCUT2D eigenvalue weighted by Crippen LogP contribution is -2.56. The van der Waals surface area contributed by atoms with Crippen LogP contribution in [-0.2, 0) is 0 Å². The van der Waals surface area contributed by atoms with Crippen molar-refractivity contribution in [1.29, 1.82) is 0 Å². The van der Waals surface area contributed by atoms with Gasteiger partial charge in [0.15, 0.2) is 0 Å². The molecule has 5 aliphatic rings. The van der Waals surface area contributed by atoms with Gasteiger partial charge < -0.3 is 5.11 Å². The molecular weight excluding hydrogens is 300 g/mol. The zero-order chi connectivity index (χ0) is 16.1. The summed E-state index contributed by atoms with van der Waals surface area (Å²) in [6.07, 6.45) is 12.4. The molecule has 0 bridgehead atoms. The topological polar surface area (TPSA) is 20.2 Å². The number of aliphatic hydroxyl groups is 1. The molecule has 4 saturated carbocycles. The Balaban J connectivity index is 1.45. The van der Waals surface area contributed by atoms with Gasteiger partial charge in [-0.25, -0.2) is 0 Å². The molecule has 2 heteroatoms. The SMILES string of the molecule is C[C@]12CC[C@]3(CS3)CC1CCC1C2CC[C@@]2(C)C1CC[C@]2(C)O. The van der Waals surface area contributed by atoms with Gasteiger partial charge in [0.1, 0.15) is 0 Å². The van der Waals surface area contributed by atoms with Crippen molar-refractivity contribution >= 4 is 11.8 Å². The molecular formula is C21H34OS. The lowest BCUT2D eigenvalue weighted by atomic mass is 9.44. The largest absolute Gasteiger partial charge is 0.390 e. The highest BCUT2D eigenvalue weighted by atomic mass is 32.2. The van der Waals surface area contributed by atoms with Crippen LogP contribution in [0.15, 0.2) is 0 Å². The maximum atomic E-state index is 11.0. The van der Waals surface area contributed by atoms with Crippen LogP contribution in [0.4, 0.5) is 0 Å². The zero-order valence-electron chi connectivity index (χ0n) is 15.2. The average molecular weight is 335 g/mol. The molecule has 0 aromatic heterocycles. The molecule has 23 heavy (non-hydrogen) atoms. The summed E-state index contributed by atoms with van der Waals surface area (Å²) in [5.41, 5.74) is 0.397. The van der Waals surface area contributed by atoms with Crippen molar-refractivity contribution in [2.75, 3.05) is 5.75 Å². The second-order valence-electron chi connectivity index (χ2n) is 10.6. The van der Waals surface area contributed by atoms with E-state index in [1.54, 1.807) is 0 Å². The summed E-state index contributed by atoms with van der Waals surface area (Å²) in [6, 6.07) is 0. The summed E-state index contributed by atoms with van der Waals surface area (Å²) in [4.78, 5) is 0. The van der Waals surface area contributed by atoms with Crippen LogP contribution in [0.3, 0.4) is 0 Å². The zero-order valence-corrected chi connectivity index (χ0v) is 16.1. The predicted octanol–water partition coefficient (Wildman–Crippen LogP) is 5.27. The highest BCUT2D eigenvalue weighted by Crippen LogP contribution is 2.71. The standard InChI is InChI=1S/C21H34OS/c1-18-10-11-21(13-23-21)12-14(18)4-5-15-16(18)6-8-19(2)17(15)7-9-20(19,3)22/h14-17,22H,4-13H2,1-3H3/t14?,15?,16?,17?,18-,19-,20-,21+/m0/s1. The Morgan fingerprint density at radius 1 is 0.870 bits per heavy atom. The fraction of sp³-hybridized carbons (Fsp3) is 1.00. The third-order valence-electron chi connectivity index (χ3n) is 9.92. The van der Waals surface area contributed by atoms with E-state index in [4.69, 9.17) is 0 Å². The van der Waals surface area contributed by atoms with E-state index in [1.807, 2.05) is 0 Å². The Hall–Kier alpha value is 0.310. The summed E-state index contributed by atoms with van der Waals surface area (Å²) in [6.45, 7) is 7.23. The van der Waals surface area contributed by atoms with Crippen molar-refractivity contribution in [2.45, 2.75) is 88.9 Å². The maximum absolute atomic E-state index is 11.0. The first kappa shape index (κ1) is 15.6. The van der Waals surface area contributed by atoms with Crippen LogP contribution in [0.2, 0.25) is 0 Å². The first-order valence-corrected chi connectivity index (χ1v) is 11.1. The van der Waals surface area contributed by atoms with Crippen LogP contribution in [-0.4, -0.2) is 21.2 Å². The lowest BCUT2D eigenvalue weighted by molar-refractivity contribution is -0.146. The fourth-order valence-corrected chi connectivity index (χ4v) is 8.95. The van der Waals surface area contributed by atoms with Gasteiger partial charge in [0.2, 0.25) is 0 Å². The van der Waals surface area contributed by atoms with E-state index in [9.17, 15) is 5.11 Å². The third kappa shape index (κ3) is 1.92. The molecule has 1 aliphatic heterocycles. The van der Waals surface area contributed by atoms with Crippen LogP contribution < -0.4 is 0 Å². The second-order valence-corrected chi connectivity index (χ2v) is 12.0. The Labute approximate surface area is 146 Å². The molecule has 1 heterocycles. The Bertz CT molecular complexity index is 524. The summed E-state index contributed by atoms with van der Waals surface area (Å²) in [7, 11) is 0. The van der Waals surface area contributed by atoms with Gasteiger partial charge >= 0.3 is 0 Å². The molecule has 1 nitrogen and oxygen atoms in total. The van der Waals surface area contributed by atoms with Crippen molar-refractivity contribution in [1.82, 2.24) is 0 Å². The third-order valence-corrected chi connectivity index (χ3v) is 11.4. The van der Waals surface area contributed by atoms with Crippen molar-refractivity contribution < 1.29 is 5.11 Å². The lowest BCUT2D eigenvalue weighted by Gasteiger charge is -2.61. The molecule has 8 atom stereocenters. The summed E-state index contributed by atoms with van der Waals surface area (Å²) < 4.78 is 0.733. The maximum Gasteiger partial charge on any atom is 0.0675 e. The van der Waals surface area contributed by atoms with Gasteiger partial charge in [-0.3, -0.25) is 0 Å². The fourth-order valence-electron chi connectivity index (χ4n) is 7.92. The monoisotopic (exact) mass is 334 g/mol. The number of hydrogen-bond acceptors (Lipinski definition) is 2. The molecule has 0 aromatic rings. The van der Waals surface area contributed by atoms with Crippen LogP contribution in [0, 0.1) is 34.5 Å². The van der Waals surface area contributed by atoms with Crippen LogP contribution in [0.5, 0.6) is 0 Å². The highest BCUT2D eigenvalue weighted by molar-refractivity contribution is 8.07. The van der Waals surface area contributed by atoms with E-state index in [2.05, 4.69) is 32.5 Å². The normalized spacial score (nSPS) is 64.2. The number of thioether (sulfide) groups is 1. The molecule has 130 valence electrons. The van der Waals surface area contributed by atoms with Gasteiger partial charge in [-0.15, -0.1) is 0 Å². The first-order chi connectivity index (χ1) is 10.8. The molecule has 4 unspecified atom stereocenters. The average Bonchev–Trinajstić information content (AvgIpc) is 3.21. The van der Waals surface area contributed by atoms with Gasteiger partial charge in [-0.1, -0.05) is 13.8 Å². The molecule has 0 amide bonds. The second kappa shape index (κ2) is 4.53. The summed E-state index contributed by atoms with van der Waals surface area (Å²) >= 11 is 2.26. The smallest absolute Gasteiger partial charge is 0.0675 e. The Morgan fingerprint density at radius 3 is 2.35 bits per heavy atom. The minimum atomic E-state index is -0.415. The Kier molecular flexibility index (Phi) is 3.06. The van der Waals surface area contributed by atoms with E-state index in [1.165, 1.54) is 57.1 Å². The predicted molar refractivity (Wildman–Crippen MR) is 97.5 cm³/mol. The van der Waals surface area contributed by atoms with E-state index in [-0.39, 0.29) is 5.41 Å². The molecule has 0 aromatic carbocycles. The number of hydrogen-bond donors (Lipinski definition) is 1.